The minimum atomic E-state index is -0.983. The Bertz CT molecular complexity index is 1390. The van der Waals surface area contributed by atoms with Gasteiger partial charge in [-0.05, 0) is 54.4 Å². The van der Waals surface area contributed by atoms with E-state index in [1.165, 1.54) is 0 Å². The number of hydrogen-bond acceptors (Lipinski definition) is 5. The van der Waals surface area contributed by atoms with Gasteiger partial charge < -0.3 is 14.6 Å². The van der Waals surface area contributed by atoms with Crippen LogP contribution < -0.4 is 0 Å². The van der Waals surface area contributed by atoms with Crippen molar-refractivity contribution in [1.29, 1.82) is 0 Å². The molecule has 2 aromatic carbocycles. The fraction of sp³-hybridized carbons (Fsp3) is 0.231. The molecule has 178 valence electrons. The molecule has 2 aliphatic rings. The number of amides is 3. The minimum absolute atomic E-state index is 0.203. The van der Waals surface area contributed by atoms with Gasteiger partial charge in [0.15, 0.2) is 0 Å². The second-order valence-electron chi connectivity index (χ2n) is 8.59. The molecule has 5 rings (SSSR count). The first kappa shape index (κ1) is 22.9. The average molecular weight is 490 g/mol. The fourth-order valence-corrected chi connectivity index (χ4v) is 5.33. The summed E-state index contributed by atoms with van der Waals surface area (Å²) in [6.07, 6.45) is 5.47. The Morgan fingerprint density at radius 3 is 2.57 bits per heavy atom. The number of nitrogens with zero attached hydrogens (tertiary/aromatic N) is 3. The summed E-state index contributed by atoms with van der Waals surface area (Å²) in [6, 6.07) is 14.5. The number of aromatic carboxylic acids is 1. The fourth-order valence-electron chi connectivity index (χ4n) is 4.50. The molecule has 0 aliphatic carbocycles. The molecule has 0 atom stereocenters. The lowest BCUT2D eigenvalue weighted by molar-refractivity contribution is -0.135. The Hall–Kier alpha value is -3.85. The normalized spacial score (nSPS) is 17.2. The zero-order valence-corrected chi connectivity index (χ0v) is 19.7. The second kappa shape index (κ2) is 9.42. The van der Waals surface area contributed by atoms with E-state index in [0.717, 1.165) is 51.5 Å². The zero-order valence-electron chi connectivity index (χ0n) is 18.8. The molecule has 2 saturated heterocycles. The van der Waals surface area contributed by atoms with Crippen molar-refractivity contribution < 1.29 is 24.3 Å². The van der Waals surface area contributed by atoms with Crippen molar-refractivity contribution in [1.82, 2.24) is 14.4 Å². The number of carboxylic acids is 1. The zero-order chi connectivity index (χ0) is 24.5. The van der Waals surface area contributed by atoms with Crippen molar-refractivity contribution in [2.75, 3.05) is 19.6 Å². The predicted octanol–water partition coefficient (Wildman–Crippen LogP) is 4.05. The molecule has 8 nitrogen and oxygen atoms in total. The smallest absolute Gasteiger partial charge is 0.335 e. The summed E-state index contributed by atoms with van der Waals surface area (Å²) in [5.74, 6) is -1.64. The highest BCUT2D eigenvalue weighted by Crippen LogP contribution is 2.34. The first-order valence-corrected chi connectivity index (χ1v) is 12.2. The van der Waals surface area contributed by atoms with Crippen molar-refractivity contribution in [2.24, 2.45) is 0 Å². The summed E-state index contributed by atoms with van der Waals surface area (Å²) in [5, 5.41) is 9.75. The molecule has 1 aromatic heterocycles. The number of hydrogen-bond donors (Lipinski definition) is 1. The lowest BCUT2D eigenvalue weighted by atomic mass is 10.1. The van der Waals surface area contributed by atoms with Crippen LogP contribution >= 0.6 is 11.8 Å². The minimum Gasteiger partial charge on any atom is -0.478 e. The van der Waals surface area contributed by atoms with E-state index in [1.54, 1.807) is 29.2 Å². The van der Waals surface area contributed by atoms with E-state index in [4.69, 9.17) is 0 Å². The lowest BCUT2D eigenvalue weighted by Crippen LogP contribution is -2.40. The molecule has 3 amide bonds. The molecule has 35 heavy (non-hydrogen) atoms. The molecule has 0 unspecified atom stereocenters. The largest absolute Gasteiger partial charge is 0.478 e. The number of thioether (sulfide) groups is 1. The Morgan fingerprint density at radius 2 is 1.80 bits per heavy atom. The van der Waals surface area contributed by atoms with E-state index in [2.05, 4.69) is 0 Å². The number of fused-ring (bicyclic) bond motifs is 1. The number of carbonyl (C=O) groups excluding carboxylic acids is 3. The third-order valence-electron chi connectivity index (χ3n) is 6.26. The number of para-hydroxylation sites is 1. The predicted molar refractivity (Wildman–Crippen MR) is 133 cm³/mol. The summed E-state index contributed by atoms with van der Waals surface area (Å²) >= 11 is 0.841. The second-order valence-corrected chi connectivity index (χ2v) is 9.58. The molecule has 0 saturated carbocycles. The Morgan fingerprint density at radius 1 is 1.03 bits per heavy atom. The van der Waals surface area contributed by atoms with Crippen LogP contribution in [-0.2, 0) is 16.1 Å². The van der Waals surface area contributed by atoms with Crippen molar-refractivity contribution in [3.8, 4) is 0 Å². The molecular weight excluding hydrogens is 466 g/mol. The number of benzene rings is 2. The highest BCUT2D eigenvalue weighted by molar-refractivity contribution is 8.18. The van der Waals surface area contributed by atoms with Crippen LogP contribution in [0, 0.1) is 0 Å². The van der Waals surface area contributed by atoms with E-state index in [0.29, 0.717) is 19.6 Å². The molecule has 2 fully saturated rings. The number of carboxylic acid groups (broad SMARTS) is 1. The quantitative estimate of drug-likeness (QED) is 0.525. The number of rotatable bonds is 6. The van der Waals surface area contributed by atoms with Gasteiger partial charge in [-0.3, -0.25) is 19.3 Å². The highest BCUT2D eigenvalue weighted by Gasteiger charge is 2.37. The molecule has 2 aliphatic heterocycles. The number of likely N-dealkylation sites (tertiary alicyclic amines) is 1. The van der Waals surface area contributed by atoms with Crippen LogP contribution in [0.4, 0.5) is 4.79 Å². The van der Waals surface area contributed by atoms with E-state index < -0.39 is 17.1 Å². The van der Waals surface area contributed by atoms with Crippen LogP contribution in [0.5, 0.6) is 0 Å². The molecule has 0 radical (unpaired) electrons. The first-order chi connectivity index (χ1) is 16.9. The molecule has 9 heteroatoms. The van der Waals surface area contributed by atoms with Gasteiger partial charge in [-0.2, -0.15) is 0 Å². The van der Waals surface area contributed by atoms with Crippen LogP contribution in [0.25, 0.3) is 17.0 Å². The van der Waals surface area contributed by atoms with Gasteiger partial charge in [0.2, 0.25) is 5.91 Å². The highest BCUT2D eigenvalue weighted by atomic mass is 32.2. The SMILES string of the molecule is O=C(O)c1cccc(Cn2cc(/C=C3/SC(=O)N(CC(=O)N4CCCC4)C3=O)c3ccccc32)c1. The lowest BCUT2D eigenvalue weighted by Gasteiger charge is -2.18. The van der Waals surface area contributed by atoms with E-state index in [9.17, 15) is 24.3 Å². The van der Waals surface area contributed by atoms with E-state index in [1.807, 2.05) is 41.1 Å². The van der Waals surface area contributed by atoms with E-state index in [-0.39, 0.29) is 22.9 Å². The Kier molecular flexibility index (Phi) is 6.17. The van der Waals surface area contributed by atoms with Crippen LogP contribution in [0.1, 0.15) is 34.3 Å². The number of carbonyl (C=O) groups is 4. The average Bonchev–Trinajstić information content (AvgIpc) is 3.56. The van der Waals surface area contributed by atoms with Gasteiger partial charge in [-0.15, -0.1) is 0 Å². The maximum Gasteiger partial charge on any atom is 0.335 e. The van der Waals surface area contributed by atoms with Gasteiger partial charge in [0.1, 0.15) is 6.54 Å². The van der Waals surface area contributed by atoms with Crippen molar-refractivity contribution in [2.45, 2.75) is 19.4 Å². The molecule has 3 aromatic rings. The molecular formula is C26H23N3O5S. The standard InChI is InChI=1S/C26H23N3O5S/c30-23(27-10-3-4-11-27)16-29-24(31)22(35-26(29)34)13-19-15-28(21-9-2-1-8-20(19)21)14-17-6-5-7-18(12-17)25(32)33/h1-2,5-9,12-13,15H,3-4,10-11,14,16H2,(H,32,33)/b22-13+. The van der Waals surface area contributed by atoms with Crippen molar-refractivity contribution >= 4 is 51.8 Å². The third-order valence-corrected chi connectivity index (χ3v) is 7.17. The van der Waals surface area contributed by atoms with Crippen molar-refractivity contribution in [3.63, 3.8) is 0 Å². The number of imide groups is 1. The maximum atomic E-state index is 13.0. The molecule has 1 N–H and O–H groups in total. The molecule has 0 spiro atoms. The topological polar surface area (TPSA) is 99.9 Å². The Balaban J connectivity index is 1.42. The summed E-state index contributed by atoms with van der Waals surface area (Å²) in [5.41, 5.74) is 2.74. The summed E-state index contributed by atoms with van der Waals surface area (Å²) < 4.78 is 1.99. The third kappa shape index (κ3) is 4.59. The van der Waals surface area contributed by atoms with Crippen LogP contribution in [0.2, 0.25) is 0 Å². The molecule has 3 heterocycles. The van der Waals surface area contributed by atoms with Gasteiger partial charge in [0, 0.05) is 42.3 Å². The van der Waals surface area contributed by atoms with Crippen molar-refractivity contribution in [3.05, 3.63) is 76.3 Å². The summed E-state index contributed by atoms with van der Waals surface area (Å²) in [4.78, 5) is 52.3. The Labute approximate surface area is 205 Å². The first-order valence-electron chi connectivity index (χ1n) is 11.3. The number of aromatic nitrogens is 1. The van der Waals surface area contributed by atoms with Crippen LogP contribution in [0.3, 0.4) is 0 Å². The summed E-state index contributed by atoms with van der Waals surface area (Å²) in [6.45, 7) is 1.55. The summed E-state index contributed by atoms with van der Waals surface area (Å²) in [7, 11) is 0. The van der Waals surface area contributed by atoms with Crippen LogP contribution in [0.15, 0.2) is 59.6 Å². The van der Waals surface area contributed by atoms with Gasteiger partial charge in [0.05, 0.1) is 10.5 Å². The van der Waals surface area contributed by atoms with Gasteiger partial charge in [0.25, 0.3) is 11.1 Å². The van der Waals surface area contributed by atoms with E-state index >= 15 is 0 Å². The maximum absolute atomic E-state index is 13.0. The molecule has 0 bridgehead atoms. The van der Waals surface area contributed by atoms with Gasteiger partial charge in [-0.1, -0.05) is 30.3 Å². The van der Waals surface area contributed by atoms with Gasteiger partial charge in [-0.25, -0.2) is 4.79 Å². The van der Waals surface area contributed by atoms with Gasteiger partial charge >= 0.3 is 5.97 Å². The monoisotopic (exact) mass is 489 g/mol. The van der Waals surface area contributed by atoms with Crippen LogP contribution in [-0.4, -0.2) is 62.1 Å².